The molecule has 8 nitrogen and oxygen atoms in total. The molecule has 110 valence electrons. The third kappa shape index (κ3) is 3.52. The molecule has 1 aromatic rings. The van der Waals surface area contributed by atoms with Gasteiger partial charge in [0.25, 0.3) is 0 Å². The number of amidine groups is 1. The zero-order valence-electron chi connectivity index (χ0n) is 11.4. The molecule has 0 aromatic carbocycles. The van der Waals surface area contributed by atoms with Gasteiger partial charge in [-0.25, -0.2) is 18.1 Å². The van der Waals surface area contributed by atoms with Gasteiger partial charge < -0.3 is 10.6 Å². The SMILES string of the molecule is CCON=C(N)c1ccc(S(=O)(=O)NC)c(C(C)=O)n1. The molecule has 20 heavy (non-hydrogen) atoms. The van der Waals surface area contributed by atoms with Crippen LogP contribution in [-0.4, -0.2) is 38.7 Å². The number of hydrogen-bond donors (Lipinski definition) is 2. The number of nitrogens with two attached hydrogens (primary N) is 1. The van der Waals surface area contributed by atoms with Crippen molar-refractivity contribution < 1.29 is 18.0 Å². The zero-order valence-corrected chi connectivity index (χ0v) is 12.2. The molecule has 0 aliphatic rings. The average molecular weight is 300 g/mol. The van der Waals surface area contributed by atoms with Crippen LogP contribution in [0.2, 0.25) is 0 Å². The lowest BCUT2D eigenvalue weighted by Gasteiger charge is -2.08. The number of hydrogen-bond acceptors (Lipinski definition) is 6. The third-order valence-corrected chi connectivity index (χ3v) is 3.75. The highest BCUT2D eigenvalue weighted by atomic mass is 32.2. The molecule has 0 saturated heterocycles. The van der Waals surface area contributed by atoms with Gasteiger partial charge in [-0.3, -0.25) is 4.79 Å². The normalized spacial score (nSPS) is 12.2. The summed E-state index contributed by atoms with van der Waals surface area (Å²) in [7, 11) is -2.53. The van der Waals surface area contributed by atoms with E-state index >= 15 is 0 Å². The van der Waals surface area contributed by atoms with E-state index in [2.05, 4.69) is 14.9 Å². The zero-order chi connectivity index (χ0) is 15.3. The summed E-state index contributed by atoms with van der Waals surface area (Å²) in [6.07, 6.45) is 0. The maximum absolute atomic E-state index is 11.8. The fraction of sp³-hybridized carbons (Fsp3) is 0.364. The fourth-order valence-corrected chi connectivity index (χ4v) is 2.26. The lowest BCUT2D eigenvalue weighted by atomic mass is 10.2. The van der Waals surface area contributed by atoms with Crippen LogP contribution in [0.1, 0.15) is 30.0 Å². The quantitative estimate of drug-likeness (QED) is 0.326. The number of oxime groups is 1. The second-order valence-electron chi connectivity index (χ2n) is 3.70. The molecule has 0 aliphatic heterocycles. The number of aromatic nitrogens is 1. The largest absolute Gasteiger partial charge is 0.394 e. The molecular formula is C11H16N4O4S. The predicted molar refractivity (Wildman–Crippen MR) is 72.8 cm³/mol. The summed E-state index contributed by atoms with van der Waals surface area (Å²) < 4.78 is 25.7. The number of pyridine rings is 1. The van der Waals surface area contributed by atoms with Crippen LogP contribution in [0.4, 0.5) is 0 Å². The molecule has 0 spiro atoms. The molecule has 1 heterocycles. The Labute approximate surface area is 117 Å². The summed E-state index contributed by atoms with van der Waals surface area (Å²) in [4.78, 5) is 20.1. The number of carbonyl (C=O) groups excluding carboxylic acids is 1. The van der Waals surface area contributed by atoms with Gasteiger partial charge in [-0.1, -0.05) is 5.16 Å². The summed E-state index contributed by atoms with van der Waals surface area (Å²) in [6, 6.07) is 2.60. The number of carbonyl (C=O) groups is 1. The van der Waals surface area contributed by atoms with Crippen LogP contribution in [0, 0.1) is 0 Å². The summed E-state index contributed by atoms with van der Waals surface area (Å²) in [5.74, 6) is -0.535. The van der Waals surface area contributed by atoms with Crippen molar-refractivity contribution in [3.63, 3.8) is 0 Å². The summed E-state index contributed by atoms with van der Waals surface area (Å²) in [5.41, 5.74) is 5.59. The maximum Gasteiger partial charge on any atom is 0.242 e. The Morgan fingerprint density at radius 2 is 2.15 bits per heavy atom. The summed E-state index contributed by atoms with van der Waals surface area (Å²) in [6.45, 7) is 3.27. The molecule has 0 atom stereocenters. The highest BCUT2D eigenvalue weighted by molar-refractivity contribution is 7.89. The molecule has 0 bridgehead atoms. The van der Waals surface area contributed by atoms with E-state index < -0.39 is 15.8 Å². The van der Waals surface area contributed by atoms with Gasteiger partial charge >= 0.3 is 0 Å². The lowest BCUT2D eigenvalue weighted by molar-refractivity contribution is 0.100. The van der Waals surface area contributed by atoms with Crippen LogP contribution in [0.5, 0.6) is 0 Å². The highest BCUT2D eigenvalue weighted by Crippen LogP contribution is 2.15. The molecule has 0 aliphatic carbocycles. The Kier molecular flexibility index (Phi) is 5.17. The topological polar surface area (TPSA) is 124 Å². The van der Waals surface area contributed by atoms with Crippen molar-refractivity contribution >= 4 is 21.6 Å². The molecule has 1 aromatic heterocycles. The average Bonchev–Trinajstić information content (AvgIpc) is 2.43. The van der Waals surface area contributed by atoms with Gasteiger partial charge in [-0.15, -0.1) is 0 Å². The van der Waals surface area contributed by atoms with Gasteiger partial charge in [0.2, 0.25) is 10.0 Å². The number of nitrogens with zero attached hydrogens (tertiary/aromatic N) is 2. The number of sulfonamides is 1. The molecular weight excluding hydrogens is 284 g/mol. The van der Waals surface area contributed by atoms with E-state index in [0.717, 1.165) is 0 Å². The number of rotatable bonds is 6. The van der Waals surface area contributed by atoms with E-state index in [-0.39, 0.29) is 22.1 Å². The Bertz CT molecular complexity index is 640. The Morgan fingerprint density at radius 3 is 2.65 bits per heavy atom. The molecule has 0 radical (unpaired) electrons. The van der Waals surface area contributed by atoms with Crippen molar-refractivity contribution in [2.45, 2.75) is 18.7 Å². The molecule has 0 unspecified atom stereocenters. The van der Waals surface area contributed by atoms with E-state index in [1.807, 2.05) is 0 Å². The molecule has 9 heteroatoms. The van der Waals surface area contributed by atoms with Crippen LogP contribution in [-0.2, 0) is 14.9 Å². The minimum atomic E-state index is -3.78. The van der Waals surface area contributed by atoms with E-state index in [9.17, 15) is 13.2 Å². The van der Waals surface area contributed by atoms with E-state index in [4.69, 9.17) is 10.6 Å². The molecule has 3 N–H and O–H groups in total. The van der Waals surface area contributed by atoms with Crippen molar-refractivity contribution in [2.24, 2.45) is 10.9 Å². The van der Waals surface area contributed by atoms with E-state index in [0.29, 0.717) is 6.61 Å². The van der Waals surface area contributed by atoms with Gasteiger partial charge in [0.15, 0.2) is 11.6 Å². The van der Waals surface area contributed by atoms with Gasteiger partial charge in [-0.2, -0.15) is 0 Å². The minimum absolute atomic E-state index is 0.0391. The first-order valence-electron chi connectivity index (χ1n) is 5.74. The molecule has 1 rings (SSSR count). The highest BCUT2D eigenvalue weighted by Gasteiger charge is 2.21. The smallest absolute Gasteiger partial charge is 0.242 e. The fourth-order valence-electron chi connectivity index (χ4n) is 1.35. The van der Waals surface area contributed by atoms with Gasteiger partial charge in [0.1, 0.15) is 22.9 Å². The Balaban J connectivity index is 3.39. The number of Topliss-reactive ketones (excluding diaryl/α,β-unsaturated/α-hetero) is 1. The van der Waals surface area contributed by atoms with Crippen molar-refractivity contribution in [3.05, 3.63) is 23.5 Å². The van der Waals surface area contributed by atoms with Crippen molar-refractivity contribution in [2.75, 3.05) is 13.7 Å². The first kappa shape index (κ1) is 16.1. The van der Waals surface area contributed by atoms with Crippen molar-refractivity contribution in [1.82, 2.24) is 9.71 Å². The van der Waals surface area contributed by atoms with Gasteiger partial charge in [-0.05, 0) is 26.1 Å². The first-order chi connectivity index (χ1) is 9.33. The summed E-state index contributed by atoms with van der Waals surface area (Å²) >= 11 is 0. The maximum atomic E-state index is 11.8. The molecule has 0 saturated carbocycles. The molecule has 0 fully saturated rings. The Hall–Kier alpha value is -2.00. The standard InChI is InChI=1S/C11H16N4O4S/c1-4-19-15-11(12)8-5-6-9(20(17,18)13-3)10(14-8)7(2)16/h5-6,13H,4H2,1-3H3,(H2,12,15). The molecule has 0 amide bonds. The van der Waals surface area contributed by atoms with Crippen molar-refractivity contribution in [3.8, 4) is 0 Å². The second-order valence-corrected chi connectivity index (χ2v) is 5.56. The van der Waals surface area contributed by atoms with Crippen LogP contribution in [0.25, 0.3) is 0 Å². The minimum Gasteiger partial charge on any atom is -0.394 e. The Morgan fingerprint density at radius 1 is 1.50 bits per heavy atom. The first-order valence-corrected chi connectivity index (χ1v) is 7.23. The van der Waals surface area contributed by atoms with Gasteiger partial charge in [0.05, 0.1) is 0 Å². The van der Waals surface area contributed by atoms with Crippen LogP contribution in [0.15, 0.2) is 22.2 Å². The number of ketones is 1. The lowest BCUT2D eigenvalue weighted by Crippen LogP contribution is -2.24. The third-order valence-electron chi connectivity index (χ3n) is 2.30. The van der Waals surface area contributed by atoms with Crippen LogP contribution < -0.4 is 10.5 Å². The van der Waals surface area contributed by atoms with E-state index in [1.165, 1.54) is 26.1 Å². The van der Waals surface area contributed by atoms with Crippen LogP contribution in [0.3, 0.4) is 0 Å². The monoisotopic (exact) mass is 300 g/mol. The van der Waals surface area contributed by atoms with E-state index in [1.54, 1.807) is 6.92 Å². The van der Waals surface area contributed by atoms with Crippen LogP contribution >= 0.6 is 0 Å². The second kappa shape index (κ2) is 6.44. The van der Waals surface area contributed by atoms with Crippen molar-refractivity contribution in [1.29, 1.82) is 0 Å². The predicted octanol–water partition coefficient (Wildman–Crippen LogP) is -0.151. The van der Waals surface area contributed by atoms with Gasteiger partial charge in [0, 0.05) is 6.92 Å². The summed E-state index contributed by atoms with van der Waals surface area (Å²) in [5, 5.41) is 3.58. The number of nitrogens with one attached hydrogen (secondary N) is 1.